The van der Waals surface area contributed by atoms with E-state index in [0.717, 1.165) is 24.8 Å². The van der Waals surface area contributed by atoms with Gasteiger partial charge in [-0.15, -0.1) is 0 Å². The first kappa shape index (κ1) is 12.1. The first-order valence-electron chi connectivity index (χ1n) is 6.22. The van der Waals surface area contributed by atoms with Crippen LogP contribution < -0.4 is 5.32 Å². The normalized spacial score (nSPS) is 24.3. The van der Waals surface area contributed by atoms with Crippen LogP contribution in [-0.4, -0.2) is 18.1 Å². The number of nitrogens with one attached hydrogen (secondary N) is 1. The lowest BCUT2D eigenvalue weighted by molar-refractivity contribution is -0.148. The number of carbonyl (C=O) groups excluding carboxylic acids is 1. The maximum Gasteiger partial charge on any atom is 0.323 e. The van der Waals surface area contributed by atoms with Gasteiger partial charge in [0.15, 0.2) is 0 Å². The van der Waals surface area contributed by atoms with Gasteiger partial charge in [-0.1, -0.05) is 30.3 Å². The van der Waals surface area contributed by atoms with Gasteiger partial charge >= 0.3 is 5.97 Å². The predicted molar refractivity (Wildman–Crippen MR) is 66.5 cm³/mol. The number of hydrogen-bond acceptors (Lipinski definition) is 3. The van der Waals surface area contributed by atoms with Gasteiger partial charge in [0.1, 0.15) is 12.6 Å². The van der Waals surface area contributed by atoms with Crippen molar-refractivity contribution in [1.82, 2.24) is 5.32 Å². The minimum absolute atomic E-state index is 0.123. The molecule has 2 atom stereocenters. The lowest BCUT2D eigenvalue weighted by Gasteiger charge is -2.27. The molecule has 17 heavy (non-hydrogen) atoms. The van der Waals surface area contributed by atoms with Gasteiger partial charge in [-0.05, 0) is 31.7 Å². The third-order valence-electron chi connectivity index (χ3n) is 3.12. The number of esters is 1. The first-order valence-corrected chi connectivity index (χ1v) is 6.22. The Morgan fingerprint density at radius 1 is 1.35 bits per heavy atom. The average molecular weight is 233 g/mol. The zero-order valence-corrected chi connectivity index (χ0v) is 10.2. The molecule has 1 aromatic carbocycles. The van der Waals surface area contributed by atoms with Crippen LogP contribution in [0.25, 0.3) is 0 Å². The summed E-state index contributed by atoms with van der Waals surface area (Å²) in [6.45, 7) is 2.48. The molecule has 1 aromatic rings. The third-order valence-corrected chi connectivity index (χ3v) is 3.12. The quantitative estimate of drug-likeness (QED) is 0.814. The van der Waals surface area contributed by atoms with Crippen LogP contribution in [0, 0.1) is 0 Å². The molecule has 3 nitrogen and oxygen atoms in total. The Kier molecular flexibility index (Phi) is 4.15. The molecule has 2 rings (SSSR count). The van der Waals surface area contributed by atoms with Crippen molar-refractivity contribution in [1.29, 1.82) is 0 Å². The Labute approximate surface area is 102 Å². The number of piperidine rings is 1. The first-order chi connectivity index (χ1) is 8.25. The fourth-order valence-electron chi connectivity index (χ4n) is 2.15. The molecule has 0 unspecified atom stereocenters. The fourth-order valence-corrected chi connectivity index (χ4v) is 2.15. The van der Waals surface area contributed by atoms with E-state index in [9.17, 15) is 4.79 Å². The Hall–Kier alpha value is -1.35. The summed E-state index contributed by atoms with van der Waals surface area (Å²) in [5.74, 6) is -0.125. The monoisotopic (exact) mass is 233 g/mol. The van der Waals surface area contributed by atoms with Crippen molar-refractivity contribution in [3.63, 3.8) is 0 Å². The molecule has 0 spiro atoms. The summed E-state index contributed by atoms with van der Waals surface area (Å²) in [6, 6.07) is 10.1. The Bertz CT molecular complexity index is 364. The average Bonchev–Trinajstić information content (AvgIpc) is 2.37. The second kappa shape index (κ2) is 5.82. The van der Waals surface area contributed by atoms with Crippen LogP contribution in [-0.2, 0) is 16.1 Å². The molecule has 0 aliphatic carbocycles. The van der Waals surface area contributed by atoms with E-state index < -0.39 is 0 Å². The van der Waals surface area contributed by atoms with Gasteiger partial charge in [0, 0.05) is 6.04 Å². The molecule has 1 aliphatic heterocycles. The fraction of sp³-hybridized carbons (Fsp3) is 0.500. The topological polar surface area (TPSA) is 38.3 Å². The number of rotatable bonds is 3. The van der Waals surface area contributed by atoms with Gasteiger partial charge in [-0.3, -0.25) is 4.79 Å². The molecular formula is C14H19NO2. The van der Waals surface area contributed by atoms with E-state index in [1.165, 1.54) is 0 Å². The van der Waals surface area contributed by atoms with Crippen LogP contribution in [0.15, 0.2) is 30.3 Å². The van der Waals surface area contributed by atoms with Crippen LogP contribution in [0.2, 0.25) is 0 Å². The van der Waals surface area contributed by atoms with E-state index >= 15 is 0 Å². The second-order valence-corrected chi connectivity index (χ2v) is 4.64. The zero-order chi connectivity index (χ0) is 12.1. The summed E-state index contributed by atoms with van der Waals surface area (Å²) in [5, 5.41) is 3.28. The van der Waals surface area contributed by atoms with E-state index in [0.29, 0.717) is 12.6 Å². The highest BCUT2D eigenvalue weighted by atomic mass is 16.5. The molecular weight excluding hydrogens is 214 g/mol. The summed E-state index contributed by atoms with van der Waals surface area (Å²) < 4.78 is 5.31. The van der Waals surface area contributed by atoms with Crippen LogP contribution in [0.3, 0.4) is 0 Å². The van der Waals surface area contributed by atoms with E-state index in [1.54, 1.807) is 0 Å². The maximum absolute atomic E-state index is 11.8. The molecule has 0 saturated carbocycles. The highest BCUT2D eigenvalue weighted by Gasteiger charge is 2.25. The molecule has 1 heterocycles. The van der Waals surface area contributed by atoms with Gasteiger partial charge < -0.3 is 10.1 Å². The summed E-state index contributed by atoms with van der Waals surface area (Å²) >= 11 is 0. The van der Waals surface area contributed by atoms with Crippen molar-refractivity contribution < 1.29 is 9.53 Å². The molecule has 0 aromatic heterocycles. The van der Waals surface area contributed by atoms with Crippen molar-refractivity contribution in [2.24, 2.45) is 0 Å². The standard InChI is InChI=1S/C14H19NO2/c1-11-6-5-9-13(15-11)14(16)17-10-12-7-3-2-4-8-12/h2-4,7-8,11,13,15H,5-6,9-10H2,1H3/t11-,13-/m1/s1. The maximum atomic E-state index is 11.8. The number of benzene rings is 1. The van der Waals surface area contributed by atoms with Crippen LogP contribution in [0.1, 0.15) is 31.7 Å². The number of ether oxygens (including phenoxy) is 1. The van der Waals surface area contributed by atoms with Gasteiger partial charge in [-0.2, -0.15) is 0 Å². The van der Waals surface area contributed by atoms with Gasteiger partial charge in [0.25, 0.3) is 0 Å². The van der Waals surface area contributed by atoms with Crippen LogP contribution in [0.5, 0.6) is 0 Å². The minimum Gasteiger partial charge on any atom is -0.460 e. The smallest absolute Gasteiger partial charge is 0.323 e. The van der Waals surface area contributed by atoms with Crippen molar-refractivity contribution in [3.05, 3.63) is 35.9 Å². The Morgan fingerprint density at radius 2 is 2.12 bits per heavy atom. The largest absolute Gasteiger partial charge is 0.460 e. The number of carbonyl (C=O) groups is 1. The van der Waals surface area contributed by atoms with Gasteiger partial charge in [0.05, 0.1) is 0 Å². The Morgan fingerprint density at radius 3 is 2.82 bits per heavy atom. The molecule has 1 saturated heterocycles. The molecule has 1 N–H and O–H groups in total. The minimum atomic E-state index is -0.125. The lowest BCUT2D eigenvalue weighted by Crippen LogP contribution is -2.46. The van der Waals surface area contributed by atoms with Crippen molar-refractivity contribution in [2.75, 3.05) is 0 Å². The van der Waals surface area contributed by atoms with E-state index in [-0.39, 0.29) is 12.0 Å². The summed E-state index contributed by atoms with van der Waals surface area (Å²) in [7, 11) is 0. The van der Waals surface area contributed by atoms with Crippen molar-refractivity contribution in [2.45, 2.75) is 44.9 Å². The van der Waals surface area contributed by atoms with Gasteiger partial charge in [0.2, 0.25) is 0 Å². The summed E-state index contributed by atoms with van der Waals surface area (Å²) in [5.41, 5.74) is 1.03. The number of hydrogen-bond donors (Lipinski definition) is 1. The zero-order valence-electron chi connectivity index (χ0n) is 10.2. The molecule has 1 fully saturated rings. The lowest BCUT2D eigenvalue weighted by atomic mass is 10.00. The Balaban J connectivity index is 1.81. The van der Waals surface area contributed by atoms with E-state index in [4.69, 9.17) is 4.74 Å². The molecule has 0 radical (unpaired) electrons. The third kappa shape index (κ3) is 3.56. The molecule has 3 heteroatoms. The molecule has 1 aliphatic rings. The van der Waals surface area contributed by atoms with Crippen molar-refractivity contribution in [3.8, 4) is 0 Å². The van der Waals surface area contributed by atoms with Crippen LogP contribution in [0.4, 0.5) is 0 Å². The van der Waals surface area contributed by atoms with Gasteiger partial charge in [-0.25, -0.2) is 0 Å². The molecule has 92 valence electrons. The molecule has 0 bridgehead atoms. The predicted octanol–water partition coefficient (Wildman–Crippen LogP) is 2.26. The summed E-state index contributed by atoms with van der Waals surface area (Å²) in [6.07, 6.45) is 3.12. The van der Waals surface area contributed by atoms with Crippen LogP contribution >= 0.6 is 0 Å². The van der Waals surface area contributed by atoms with E-state index in [1.807, 2.05) is 30.3 Å². The second-order valence-electron chi connectivity index (χ2n) is 4.64. The molecule has 0 amide bonds. The summed E-state index contributed by atoms with van der Waals surface area (Å²) in [4.78, 5) is 11.8. The van der Waals surface area contributed by atoms with E-state index in [2.05, 4.69) is 12.2 Å². The highest BCUT2D eigenvalue weighted by molar-refractivity contribution is 5.75. The van der Waals surface area contributed by atoms with Crippen molar-refractivity contribution >= 4 is 5.97 Å². The highest BCUT2D eigenvalue weighted by Crippen LogP contribution is 2.14. The SMILES string of the molecule is C[C@@H]1CCC[C@H](C(=O)OCc2ccccc2)N1.